The Morgan fingerprint density at radius 1 is 0.923 bits per heavy atom. The predicted octanol–water partition coefficient (Wildman–Crippen LogP) is 0.701. The van der Waals surface area contributed by atoms with Gasteiger partial charge in [-0.2, -0.15) is 0 Å². The smallest absolute Gasteiger partial charge is 0.224 e. The summed E-state index contributed by atoms with van der Waals surface area (Å²) >= 11 is 0. The van der Waals surface area contributed by atoms with Crippen LogP contribution in [-0.4, -0.2) is 66.0 Å². The number of hydrogen-bond acceptors (Lipinski definition) is 4. The van der Waals surface area contributed by atoms with E-state index in [4.69, 9.17) is 16.9 Å². The van der Waals surface area contributed by atoms with Crippen LogP contribution in [-0.2, 0) is 9.59 Å². The van der Waals surface area contributed by atoms with Crippen LogP contribution in [0.4, 0.5) is 0 Å². The summed E-state index contributed by atoms with van der Waals surface area (Å²) < 4.78 is 0. The second kappa shape index (κ2) is 9.00. The maximum absolute atomic E-state index is 12.2. The molecule has 0 atom stereocenters. The summed E-state index contributed by atoms with van der Waals surface area (Å²) in [6, 6.07) is 0. The van der Waals surface area contributed by atoms with Crippen molar-refractivity contribution in [1.82, 2.24) is 9.80 Å². The number of piperidine rings is 2. The number of aliphatic imine (C=N–C) groups is 1. The predicted molar refractivity (Wildman–Crippen MR) is 102 cm³/mol. The Morgan fingerprint density at radius 3 is 1.81 bits per heavy atom. The summed E-state index contributed by atoms with van der Waals surface area (Å²) in [6.07, 6.45) is 5.37. The highest BCUT2D eigenvalue weighted by Crippen LogP contribution is 2.41. The molecule has 8 nitrogen and oxygen atoms in total. The van der Waals surface area contributed by atoms with Crippen molar-refractivity contribution >= 4 is 23.5 Å². The van der Waals surface area contributed by atoms with Crippen molar-refractivity contribution in [2.75, 3.05) is 32.7 Å². The zero-order valence-electron chi connectivity index (χ0n) is 15.8. The van der Waals surface area contributed by atoms with Gasteiger partial charge < -0.3 is 26.7 Å². The van der Waals surface area contributed by atoms with Crippen molar-refractivity contribution in [3.63, 3.8) is 0 Å². The topological polar surface area (TPSA) is 129 Å². The molecule has 2 rings (SSSR count). The van der Waals surface area contributed by atoms with Crippen LogP contribution in [0.1, 0.15) is 51.9 Å². The van der Waals surface area contributed by atoms with Crippen LogP contribution in [0.3, 0.4) is 0 Å². The third-order valence-electron chi connectivity index (χ3n) is 5.69. The minimum absolute atomic E-state index is 0.0208. The molecule has 2 heterocycles. The molecule has 2 aliphatic rings. The van der Waals surface area contributed by atoms with E-state index in [1.54, 1.807) is 6.92 Å². The van der Waals surface area contributed by atoms with Gasteiger partial charge in [-0.05, 0) is 44.4 Å². The summed E-state index contributed by atoms with van der Waals surface area (Å²) in [5.41, 5.74) is 11.4. The standard InChI is InChI=1S/C18H32N6O2/c1-14(19)2-3-15(25)23-10-5-18(6-11-23)7-12-24(13-8-18)16(26)4-9-22-17(20)21/h19H,2-13H2,1H3,(H4,20,21,22). The number of amides is 2. The number of guanidine groups is 1. The Hall–Kier alpha value is -2.12. The monoisotopic (exact) mass is 364 g/mol. The molecule has 0 radical (unpaired) electrons. The second-order valence-electron chi connectivity index (χ2n) is 7.60. The normalized spacial score (nSPS) is 19.3. The molecular weight excluding hydrogens is 332 g/mol. The van der Waals surface area contributed by atoms with Gasteiger partial charge in [0.1, 0.15) is 0 Å². The number of nitrogens with zero attached hydrogens (tertiary/aromatic N) is 3. The number of nitrogens with one attached hydrogen (secondary N) is 1. The molecule has 0 aromatic carbocycles. The van der Waals surface area contributed by atoms with E-state index in [-0.39, 0.29) is 23.2 Å². The summed E-state index contributed by atoms with van der Waals surface area (Å²) in [5.74, 6) is 0.297. The highest BCUT2D eigenvalue weighted by Gasteiger charge is 2.39. The molecule has 0 aliphatic carbocycles. The van der Waals surface area contributed by atoms with Gasteiger partial charge in [-0.25, -0.2) is 0 Å². The molecule has 2 fully saturated rings. The highest BCUT2D eigenvalue weighted by molar-refractivity contribution is 5.85. The van der Waals surface area contributed by atoms with Gasteiger partial charge in [0.25, 0.3) is 0 Å². The van der Waals surface area contributed by atoms with Crippen LogP contribution in [0.2, 0.25) is 0 Å². The van der Waals surface area contributed by atoms with E-state index in [9.17, 15) is 9.59 Å². The molecule has 0 bridgehead atoms. The molecule has 2 amide bonds. The number of rotatable bonds is 6. The van der Waals surface area contributed by atoms with Crippen LogP contribution < -0.4 is 11.5 Å². The van der Waals surface area contributed by atoms with Gasteiger partial charge >= 0.3 is 0 Å². The van der Waals surface area contributed by atoms with Crippen molar-refractivity contribution in [2.24, 2.45) is 21.9 Å². The zero-order valence-corrected chi connectivity index (χ0v) is 15.8. The number of nitrogens with two attached hydrogens (primary N) is 2. The van der Waals surface area contributed by atoms with Crippen LogP contribution in [0.15, 0.2) is 4.99 Å². The van der Waals surface area contributed by atoms with E-state index >= 15 is 0 Å². The van der Waals surface area contributed by atoms with Crippen molar-refractivity contribution < 1.29 is 9.59 Å². The van der Waals surface area contributed by atoms with E-state index < -0.39 is 0 Å². The molecule has 0 aromatic heterocycles. The summed E-state index contributed by atoms with van der Waals surface area (Å²) in [7, 11) is 0. The van der Waals surface area contributed by atoms with Gasteiger partial charge in [-0.3, -0.25) is 14.6 Å². The summed E-state index contributed by atoms with van der Waals surface area (Å²) in [6.45, 7) is 5.24. The number of likely N-dealkylation sites (tertiary alicyclic amines) is 2. The van der Waals surface area contributed by atoms with Crippen LogP contribution in [0.25, 0.3) is 0 Å². The second-order valence-corrected chi connectivity index (χ2v) is 7.60. The summed E-state index contributed by atoms with van der Waals surface area (Å²) in [5, 5.41) is 7.45. The molecular formula is C18H32N6O2. The molecule has 0 unspecified atom stereocenters. The number of carbonyl (C=O) groups is 2. The fourth-order valence-corrected chi connectivity index (χ4v) is 3.85. The third kappa shape index (κ3) is 5.71. The lowest BCUT2D eigenvalue weighted by atomic mass is 9.71. The zero-order chi connectivity index (χ0) is 19.2. The molecule has 2 saturated heterocycles. The lowest BCUT2D eigenvalue weighted by Crippen LogP contribution is -2.49. The number of carbonyl (C=O) groups excluding carboxylic acids is 2. The van der Waals surface area contributed by atoms with Gasteiger partial charge in [0, 0.05) is 44.7 Å². The molecule has 0 aromatic rings. The van der Waals surface area contributed by atoms with Crippen molar-refractivity contribution in [2.45, 2.75) is 51.9 Å². The van der Waals surface area contributed by atoms with E-state index in [0.29, 0.717) is 31.5 Å². The average Bonchev–Trinajstić information content (AvgIpc) is 2.60. The van der Waals surface area contributed by atoms with Crippen molar-refractivity contribution in [3.8, 4) is 0 Å². The first-order chi connectivity index (χ1) is 12.3. The first-order valence-electron chi connectivity index (χ1n) is 9.46. The van der Waals surface area contributed by atoms with Gasteiger partial charge in [0.2, 0.25) is 11.8 Å². The van der Waals surface area contributed by atoms with Crippen LogP contribution in [0, 0.1) is 10.8 Å². The van der Waals surface area contributed by atoms with Crippen molar-refractivity contribution in [3.05, 3.63) is 0 Å². The SMILES string of the molecule is CC(=N)CCC(=O)N1CCC2(CCN(C(=O)CCN=C(N)N)CC2)CC1. The quantitative estimate of drug-likeness (QED) is 0.473. The fraction of sp³-hybridized carbons (Fsp3) is 0.778. The number of hydrogen-bond donors (Lipinski definition) is 3. The Morgan fingerprint density at radius 2 is 1.38 bits per heavy atom. The maximum atomic E-state index is 12.2. The minimum Gasteiger partial charge on any atom is -0.370 e. The van der Waals surface area contributed by atoms with E-state index in [1.807, 2.05) is 9.80 Å². The molecule has 8 heteroatoms. The molecule has 26 heavy (non-hydrogen) atoms. The molecule has 146 valence electrons. The van der Waals surface area contributed by atoms with Crippen LogP contribution in [0.5, 0.6) is 0 Å². The first kappa shape index (κ1) is 20.2. The Kier molecular flexibility index (Phi) is 6.99. The van der Waals surface area contributed by atoms with Gasteiger partial charge in [-0.1, -0.05) is 0 Å². The van der Waals surface area contributed by atoms with E-state index in [2.05, 4.69) is 4.99 Å². The van der Waals surface area contributed by atoms with Gasteiger partial charge in [0.15, 0.2) is 5.96 Å². The van der Waals surface area contributed by atoms with Crippen LogP contribution >= 0.6 is 0 Å². The Labute approximate surface area is 155 Å². The lowest BCUT2D eigenvalue weighted by molar-refractivity contribution is -0.136. The van der Waals surface area contributed by atoms with E-state index in [1.165, 1.54) is 0 Å². The largest absolute Gasteiger partial charge is 0.370 e. The Balaban J connectivity index is 1.74. The van der Waals surface area contributed by atoms with Crippen molar-refractivity contribution in [1.29, 1.82) is 5.41 Å². The highest BCUT2D eigenvalue weighted by atomic mass is 16.2. The maximum Gasteiger partial charge on any atom is 0.224 e. The molecule has 5 N–H and O–H groups in total. The Bertz CT molecular complexity index is 552. The molecule has 1 spiro atoms. The lowest BCUT2D eigenvalue weighted by Gasteiger charge is -2.47. The first-order valence-corrected chi connectivity index (χ1v) is 9.46. The third-order valence-corrected chi connectivity index (χ3v) is 5.69. The van der Waals surface area contributed by atoms with Gasteiger partial charge in [0.05, 0.1) is 6.54 Å². The average molecular weight is 364 g/mol. The molecule has 0 saturated carbocycles. The van der Waals surface area contributed by atoms with E-state index in [0.717, 1.165) is 51.9 Å². The molecule has 2 aliphatic heterocycles. The fourth-order valence-electron chi connectivity index (χ4n) is 3.85. The van der Waals surface area contributed by atoms with Gasteiger partial charge in [-0.15, -0.1) is 0 Å². The minimum atomic E-state index is 0.0208. The summed E-state index contributed by atoms with van der Waals surface area (Å²) in [4.78, 5) is 32.2.